The number of morpholine rings is 1. The largest absolute Gasteiger partial charge is 0.487 e. The molecule has 1 fully saturated rings. The second-order valence-electron chi connectivity index (χ2n) is 12.2. The minimum Gasteiger partial charge on any atom is -0.423 e. The maximum atomic E-state index is 7.71. The Morgan fingerprint density at radius 3 is 2.03 bits per heavy atom. The summed E-state index contributed by atoms with van der Waals surface area (Å²) < 4.78 is 54.8. The molecule has 0 aromatic rings. The van der Waals surface area contributed by atoms with Crippen LogP contribution in [0.5, 0.6) is 0 Å². The van der Waals surface area contributed by atoms with Crippen molar-refractivity contribution >= 4 is 58.7 Å². The fourth-order valence-electron chi connectivity index (χ4n) is 4.35. The first-order valence-corrected chi connectivity index (χ1v) is 29.6. The van der Waals surface area contributed by atoms with Gasteiger partial charge in [-0.25, -0.2) is 0 Å². The maximum absolute atomic E-state index is 7.71. The van der Waals surface area contributed by atoms with Crippen molar-refractivity contribution in [1.82, 2.24) is 10.2 Å². The van der Waals surface area contributed by atoms with Crippen LogP contribution in [0, 0.1) is 0 Å². The lowest BCUT2D eigenvalue weighted by Gasteiger charge is -2.46. The smallest absolute Gasteiger partial charge is 0.423 e. The molecule has 1 saturated heterocycles. The molecule has 18 heteroatoms. The zero-order valence-corrected chi connectivity index (χ0v) is 30.9. The van der Waals surface area contributed by atoms with Gasteiger partial charge in [0.2, 0.25) is 0 Å². The van der Waals surface area contributed by atoms with E-state index >= 15 is 0 Å². The van der Waals surface area contributed by atoms with Gasteiger partial charge in [0.1, 0.15) is 15.6 Å². The van der Waals surface area contributed by atoms with Gasteiger partial charge in [-0.1, -0.05) is 13.1 Å². The van der Waals surface area contributed by atoms with Crippen LogP contribution in [0.15, 0.2) is 0 Å². The van der Waals surface area contributed by atoms with Gasteiger partial charge in [-0.15, -0.1) is 0 Å². The van der Waals surface area contributed by atoms with Crippen molar-refractivity contribution < 1.29 is 34.9 Å². The van der Waals surface area contributed by atoms with Gasteiger partial charge >= 0.3 is 43.0 Å². The maximum Gasteiger partial charge on any atom is 0.487 e. The first-order chi connectivity index (χ1) is 17.8. The normalized spacial score (nSPS) is 20.7. The molecular weight excluding hydrogens is 578 g/mol. The Bertz CT molecular complexity index is 731. The van der Waals surface area contributed by atoms with Gasteiger partial charge in [-0.2, -0.15) is 0 Å². The topological polar surface area (TPSA) is 137 Å². The molecule has 5 N–H and O–H groups in total. The summed E-state index contributed by atoms with van der Waals surface area (Å²) in [5, 5.41) is 3.33. The molecule has 0 aromatic heterocycles. The van der Waals surface area contributed by atoms with Gasteiger partial charge in [0.05, 0.1) is 19.4 Å². The fraction of sp³-hybridized carbons (Fsp3) is 1.00. The summed E-state index contributed by atoms with van der Waals surface area (Å²) in [6, 6.07) is 0.702. The first kappa shape index (κ1) is 32.4. The molecule has 1 rings (SSSR count). The summed E-state index contributed by atoms with van der Waals surface area (Å²) >= 11 is 0. The highest BCUT2D eigenvalue weighted by molar-refractivity contribution is 7.14. The Kier molecular flexibility index (Phi) is 12.9. The molecule has 0 radical (unpaired) electrons. The number of hydrogen-bond donors (Lipinski definition) is 4. The second-order valence-corrected chi connectivity index (χ2v) is 33.3. The molecule has 1 heterocycles. The summed E-state index contributed by atoms with van der Waals surface area (Å²) in [5.41, 5.74) is 5.61. The molecule has 0 aromatic carbocycles. The average molecular weight is 634 g/mol. The van der Waals surface area contributed by atoms with Crippen molar-refractivity contribution in [3.63, 3.8) is 0 Å². The Labute approximate surface area is 235 Å². The fourth-order valence-corrected chi connectivity index (χ4v) is 28.4. The zero-order chi connectivity index (χ0) is 30.0. The van der Waals surface area contributed by atoms with E-state index in [0.29, 0.717) is 32.0 Å². The monoisotopic (exact) mass is 633 g/mol. The quantitative estimate of drug-likeness (QED) is 0.109. The third-order valence-electron chi connectivity index (χ3n) is 5.01. The van der Waals surface area contributed by atoms with Crippen molar-refractivity contribution in [2.24, 2.45) is 5.73 Å². The lowest BCUT2D eigenvalue weighted by Crippen LogP contribution is -2.69. The molecule has 37 heavy (non-hydrogen) atoms. The van der Waals surface area contributed by atoms with E-state index in [9.17, 15) is 0 Å². The molecule has 2 unspecified atom stereocenters. The Hall–Kier alpha value is 0.926. The molecule has 2 atom stereocenters. The molecule has 0 bridgehead atoms. The van der Waals surface area contributed by atoms with Crippen LogP contribution in [0.3, 0.4) is 0 Å². The predicted molar refractivity (Wildman–Crippen MR) is 164 cm³/mol. The Balaban J connectivity index is 3.35. The van der Waals surface area contributed by atoms with Gasteiger partial charge in [0.15, 0.2) is 2.86 Å². The number of hydrogen-bond acceptors (Lipinski definition) is 11. The van der Waals surface area contributed by atoms with Gasteiger partial charge in [-0.3, -0.25) is 4.90 Å². The summed E-state index contributed by atoms with van der Waals surface area (Å²) in [7, 11) is -15.0. The number of rotatable bonds is 20. The SMILES string of the molecule is [2H]O[Si](C)(C)O[Si](C)(CCCNCCN)O[Si](C)(C)O[Si](CN1CCOCC1)(O[Si](B)(C)C)O[Si](C)(C)O[2H]. The minimum atomic E-state index is -3.46. The Morgan fingerprint density at radius 1 is 0.892 bits per heavy atom. The summed E-state index contributed by atoms with van der Waals surface area (Å²) in [5.74, 6) is 0. The molecule has 0 spiro atoms. The van der Waals surface area contributed by atoms with Crippen LogP contribution >= 0.6 is 0 Å². The number of ether oxygens (including phenoxy) is 1. The van der Waals surface area contributed by atoms with Gasteiger partial charge in [-0.05, 0) is 64.8 Å². The van der Waals surface area contributed by atoms with E-state index in [1.165, 1.54) is 0 Å². The van der Waals surface area contributed by atoms with E-state index in [-0.39, 0.29) is 0 Å². The van der Waals surface area contributed by atoms with Crippen molar-refractivity contribution in [2.45, 2.75) is 71.4 Å². The summed E-state index contributed by atoms with van der Waals surface area (Å²) in [6.07, 6.45) is 1.30. The number of nitrogens with zero attached hydrogens (tertiary/aromatic N) is 1. The van der Waals surface area contributed by atoms with Crippen LogP contribution in [0.25, 0.3) is 0 Å². The van der Waals surface area contributed by atoms with E-state index in [1.807, 2.05) is 45.8 Å². The molecule has 0 amide bonds. The van der Waals surface area contributed by atoms with E-state index in [0.717, 1.165) is 32.6 Å². The molecular formula is C19H54BN3O8Si6. The first-order valence-electron chi connectivity index (χ1n) is 14.1. The predicted octanol–water partition coefficient (Wildman–Crippen LogP) is 0.315. The van der Waals surface area contributed by atoms with Crippen LogP contribution in [-0.4, -0.2) is 128 Å². The number of nitrogens with two attached hydrogens (primary N) is 1. The number of nitrogens with one attached hydrogen (secondary N) is 1. The van der Waals surface area contributed by atoms with Crippen LogP contribution in [0.4, 0.5) is 0 Å². The lowest BCUT2D eigenvalue weighted by molar-refractivity contribution is 0.0374. The van der Waals surface area contributed by atoms with Crippen molar-refractivity contribution in [3.05, 3.63) is 0 Å². The molecule has 220 valence electrons. The van der Waals surface area contributed by atoms with Crippen LogP contribution in [0.1, 0.15) is 6.42 Å². The molecule has 11 nitrogen and oxygen atoms in total. The van der Waals surface area contributed by atoms with Gasteiger partial charge in [0, 0.05) is 26.2 Å². The summed E-state index contributed by atoms with van der Waals surface area (Å²) in [6.45, 7) is 22.5. The third-order valence-corrected chi connectivity index (χ3v) is 24.6. The standard InChI is InChI=1S/C19H54BN3O8Si6/c1-32(2,20)27-37(29-34(5,6)25,19-23-14-16-26-17-15-23)31-35(7,8)30-36(9,28-33(3,4)24)18-10-12-22-13-11-21/h22,24-25H,10-21H2,1-9H3/i24D,25D. The molecule has 0 saturated carbocycles. The average Bonchev–Trinajstić information content (AvgIpc) is 2.76. The second kappa shape index (κ2) is 14.7. The minimum absolute atomic E-state index is 0.471. The van der Waals surface area contributed by atoms with Crippen molar-refractivity contribution in [1.29, 1.82) is 2.86 Å². The van der Waals surface area contributed by atoms with Crippen molar-refractivity contribution in [2.75, 3.05) is 52.1 Å². The van der Waals surface area contributed by atoms with Crippen LogP contribution < -0.4 is 11.1 Å². The lowest BCUT2D eigenvalue weighted by atomic mass is 10.5. The Morgan fingerprint density at radius 2 is 1.49 bits per heavy atom. The van der Waals surface area contributed by atoms with Gasteiger partial charge < -0.3 is 46.0 Å². The highest BCUT2D eigenvalue weighted by Crippen LogP contribution is 2.30. The molecule has 0 aliphatic carbocycles. The molecule has 1 aliphatic heterocycles. The highest BCUT2D eigenvalue weighted by Gasteiger charge is 2.55. The van der Waals surface area contributed by atoms with Crippen LogP contribution in [-0.2, 0) is 25.3 Å². The van der Waals surface area contributed by atoms with E-state index < -0.39 is 51.2 Å². The third kappa shape index (κ3) is 16.7. The summed E-state index contributed by atoms with van der Waals surface area (Å²) in [4.78, 5) is 12.4. The van der Waals surface area contributed by atoms with E-state index in [2.05, 4.69) is 30.7 Å². The van der Waals surface area contributed by atoms with E-state index in [4.69, 9.17) is 43.5 Å². The zero-order valence-electron chi connectivity index (χ0n) is 26.9. The van der Waals surface area contributed by atoms with Gasteiger partial charge in [0.25, 0.3) is 0 Å². The van der Waals surface area contributed by atoms with Crippen LogP contribution in [0.2, 0.25) is 65.0 Å². The van der Waals surface area contributed by atoms with Crippen molar-refractivity contribution in [3.8, 4) is 0 Å². The van der Waals surface area contributed by atoms with E-state index in [1.54, 1.807) is 0 Å². The highest BCUT2D eigenvalue weighted by atomic mass is 28.5. The molecule has 1 aliphatic rings.